The molecular weight excluding hydrogens is 188 g/mol. The molecule has 0 radical (unpaired) electrons. The van der Waals surface area contributed by atoms with Gasteiger partial charge in [0.2, 0.25) is 5.91 Å². The van der Waals surface area contributed by atoms with Crippen LogP contribution >= 0.6 is 0 Å². The Labute approximate surface area is 88.0 Å². The lowest BCUT2D eigenvalue weighted by Crippen LogP contribution is -2.06. The van der Waals surface area contributed by atoms with Crippen molar-refractivity contribution in [3.8, 4) is 0 Å². The van der Waals surface area contributed by atoms with E-state index in [0.717, 1.165) is 22.9 Å². The maximum atomic E-state index is 11.3. The summed E-state index contributed by atoms with van der Waals surface area (Å²) in [4.78, 5) is 11.3. The van der Waals surface area contributed by atoms with Gasteiger partial charge in [-0.05, 0) is 18.1 Å². The monoisotopic (exact) mass is 200 g/mol. The van der Waals surface area contributed by atoms with Crippen LogP contribution in [0.25, 0.3) is 10.9 Å². The summed E-state index contributed by atoms with van der Waals surface area (Å²) in [5.74, 6) is -0.0687. The number of hydrogen-bond donors (Lipinski definition) is 0. The van der Waals surface area contributed by atoms with Gasteiger partial charge in [0.15, 0.2) is 0 Å². The van der Waals surface area contributed by atoms with Crippen molar-refractivity contribution in [3.05, 3.63) is 42.6 Å². The second-order valence-electron chi connectivity index (χ2n) is 3.46. The molecule has 0 saturated carbocycles. The number of rotatable bonds is 2. The topological polar surface area (TPSA) is 34.9 Å². The Bertz CT molecular complexity index is 525. The van der Waals surface area contributed by atoms with E-state index in [1.165, 1.54) is 11.6 Å². The van der Waals surface area contributed by atoms with Crippen LogP contribution in [-0.4, -0.2) is 15.7 Å². The zero-order chi connectivity index (χ0) is 10.8. The molecule has 2 rings (SSSR count). The van der Waals surface area contributed by atoms with Crippen LogP contribution in [0.4, 0.5) is 0 Å². The molecule has 1 heterocycles. The molecule has 0 bridgehead atoms. The van der Waals surface area contributed by atoms with Gasteiger partial charge in [0.05, 0.1) is 11.7 Å². The Kier molecular flexibility index (Phi) is 2.37. The van der Waals surface area contributed by atoms with E-state index < -0.39 is 0 Å². The van der Waals surface area contributed by atoms with Crippen molar-refractivity contribution in [3.63, 3.8) is 0 Å². The molecule has 76 valence electrons. The first-order valence-electron chi connectivity index (χ1n) is 4.81. The summed E-state index contributed by atoms with van der Waals surface area (Å²) in [5.41, 5.74) is 2.00. The first-order chi connectivity index (χ1) is 7.22. The molecule has 0 amide bonds. The molecule has 1 aromatic heterocycles. The standard InChI is InChI=1S/C12H12N2O/c1-3-4-10-5-6-11-8-13-14(9(2)15)12(11)7-10/h3,5-8H,1,4H2,2H3. The number of benzene rings is 1. The van der Waals surface area contributed by atoms with Crippen molar-refractivity contribution in [2.75, 3.05) is 0 Å². The fourth-order valence-corrected chi connectivity index (χ4v) is 1.61. The van der Waals surface area contributed by atoms with Crippen LogP contribution in [0.1, 0.15) is 17.3 Å². The van der Waals surface area contributed by atoms with Gasteiger partial charge in [-0.3, -0.25) is 4.79 Å². The Morgan fingerprint density at radius 3 is 3.07 bits per heavy atom. The Morgan fingerprint density at radius 2 is 2.40 bits per heavy atom. The van der Waals surface area contributed by atoms with Gasteiger partial charge in [-0.2, -0.15) is 5.10 Å². The highest BCUT2D eigenvalue weighted by atomic mass is 16.2. The molecule has 0 unspecified atom stereocenters. The average molecular weight is 200 g/mol. The predicted molar refractivity (Wildman–Crippen MR) is 59.9 cm³/mol. The van der Waals surface area contributed by atoms with Crippen LogP contribution in [0.15, 0.2) is 37.1 Å². The SMILES string of the molecule is C=CCc1ccc2cnn(C(C)=O)c2c1. The van der Waals surface area contributed by atoms with E-state index in [-0.39, 0.29) is 5.91 Å². The van der Waals surface area contributed by atoms with Crippen molar-refractivity contribution in [2.45, 2.75) is 13.3 Å². The van der Waals surface area contributed by atoms with E-state index in [9.17, 15) is 4.79 Å². The van der Waals surface area contributed by atoms with Crippen molar-refractivity contribution in [2.24, 2.45) is 0 Å². The molecule has 0 aliphatic rings. The van der Waals surface area contributed by atoms with Crippen molar-refractivity contribution in [1.82, 2.24) is 9.78 Å². The Balaban J connectivity index is 2.61. The third kappa shape index (κ3) is 1.68. The maximum absolute atomic E-state index is 11.3. The number of nitrogens with zero attached hydrogens (tertiary/aromatic N) is 2. The lowest BCUT2D eigenvalue weighted by Gasteiger charge is -1.99. The Morgan fingerprint density at radius 1 is 1.60 bits per heavy atom. The summed E-state index contributed by atoms with van der Waals surface area (Å²) in [7, 11) is 0. The molecule has 15 heavy (non-hydrogen) atoms. The molecule has 0 N–H and O–H groups in total. The lowest BCUT2D eigenvalue weighted by molar-refractivity contribution is 0.0927. The normalized spacial score (nSPS) is 10.5. The zero-order valence-electron chi connectivity index (χ0n) is 8.60. The van der Waals surface area contributed by atoms with Crippen LogP contribution in [0, 0.1) is 0 Å². The van der Waals surface area contributed by atoms with Crippen molar-refractivity contribution >= 4 is 16.8 Å². The van der Waals surface area contributed by atoms with Crippen LogP contribution < -0.4 is 0 Å². The third-order valence-electron chi connectivity index (χ3n) is 2.31. The van der Waals surface area contributed by atoms with Crippen molar-refractivity contribution in [1.29, 1.82) is 0 Å². The fraction of sp³-hybridized carbons (Fsp3) is 0.167. The summed E-state index contributed by atoms with van der Waals surface area (Å²) >= 11 is 0. The van der Waals surface area contributed by atoms with E-state index >= 15 is 0 Å². The second-order valence-corrected chi connectivity index (χ2v) is 3.46. The summed E-state index contributed by atoms with van der Waals surface area (Å²) in [5, 5.41) is 5.02. The molecule has 0 fully saturated rings. The van der Waals surface area contributed by atoms with E-state index in [1.807, 2.05) is 24.3 Å². The molecule has 3 heteroatoms. The van der Waals surface area contributed by atoms with Gasteiger partial charge in [0, 0.05) is 12.3 Å². The highest BCUT2D eigenvalue weighted by Gasteiger charge is 2.06. The number of allylic oxidation sites excluding steroid dienone is 1. The summed E-state index contributed by atoms with van der Waals surface area (Å²) in [6.45, 7) is 5.20. The minimum atomic E-state index is -0.0687. The smallest absolute Gasteiger partial charge is 0.244 e. The van der Waals surface area contributed by atoms with Crippen LogP contribution in [-0.2, 0) is 6.42 Å². The van der Waals surface area contributed by atoms with Gasteiger partial charge in [-0.15, -0.1) is 6.58 Å². The van der Waals surface area contributed by atoms with Gasteiger partial charge < -0.3 is 0 Å². The van der Waals surface area contributed by atoms with Crippen molar-refractivity contribution < 1.29 is 4.79 Å². The van der Waals surface area contributed by atoms with Gasteiger partial charge in [0.25, 0.3) is 0 Å². The van der Waals surface area contributed by atoms with E-state index in [0.29, 0.717) is 0 Å². The van der Waals surface area contributed by atoms with Gasteiger partial charge in [0.1, 0.15) is 0 Å². The predicted octanol–water partition coefficient (Wildman–Crippen LogP) is 2.42. The van der Waals surface area contributed by atoms with E-state index in [1.54, 1.807) is 6.20 Å². The molecule has 0 aliphatic heterocycles. The number of carbonyl (C=O) groups excluding carboxylic acids is 1. The first kappa shape index (κ1) is 9.65. The summed E-state index contributed by atoms with van der Waals surface area (Å²) < 4.78 is 1.42. The highest BCUT2D eigenvalue weighted by Crippen LogP contribution is 2.16. The van der Waals surface area contributed by atoms with E-state index in [2.05, 4.69) is 11.7 Å². The third-order valence-corrected chi connectivity index (χ3v) is 2.31. The minimum Gasteiger partial charge on any atom is -0.273 e. The number of fused-ring (bicyclic) bond motifs is 1. The summed E-state index contributed by atoms with van der Waals surface area (Å²) in [6.07, 6.45) is 4.35. The molecule has 0 atom stereocenters. The molecule has 1 aromatic carbocycles. The fourth-order valence-electron chi connectivity index (χ4n) is 1.61. The largest absolute Gasteiger partial charge is 0.273 e. The van der Waals surface area contributed by atoms with Gasteiger partial charge in [-0.25, -0.2) is 4.68 Å². The molecule has 0 spiro atoms. The minimum absolute atomic E-state index is 0.0687. The van der Waals surface area contributed by atoms with Gasteiger partial charge in [-0.1, -0.05) is 18.2 Å². The van der Waals surface area contributed by atoms with Crippen LogP contribution in [0.5, 0.6) is 0 Å². The molecular formula is C12H12N2O. The number of hydrogen-bond acceptors (Lipinski definition) is 2. The lowest BCUT2D eigenvalue weighted by atomic mass is 10.1. The number of carbonyl (C=O) groups is 1. The molecule has 0 saturated heterocycles. The first-order valence-corrected chi connectivity index (χ1v) is 4.81. The Hall–Kier alpha value is -1.90. The molecule has 2 aromatic rings. The van der Waals surface area contributed by atoms with Gasteiger partial charge >= 0.3 is 0 Å². The van der Waals surface area contributed by atoms with Crippen LogP contribution in [0.3, 0.4) is 0 Å². The van der Waals surface area contributed by atoms with Crippen LogP contribution in [0.2, 0.25) is 0 Å². The zero-order valence-corrected chi connectivity index (χ0v) is 8.60. The highest BCUT2D eigenvalue weighted by molar-refractivity contribution is 5.89. The molecule has 0 aliphatic carbocycles. The quantitative estimate of drug-likeness (QED) is 0.698. The summed E-state index contributed by atoms with van der Waals surface area (Å²) in [6, 6.07) is 5.97. The average Bonchev–Trinajstić information content (AvgIpc) is 2.61. The molecule has 3 nitrogen and oxygen atoms in total. The second kappa shape index (κ2) is 3.69. The van der Waals surface area contributed by atoms with E-state index in [4.69, 9.17) is 0 Å². The maximum Gasteiger partial charge on any atom is 0.244 e. The number of aromatic nitrogens is 2.